The van der Waals surface area contributed by atoms with Gasteiger partial charge in [0.05, 0.1) is 11.3 Å². The first-order chi connectivity index (χ1) is 9.38. The van der Waals surface area contributed by atoms with Crippen LogP contribution in [-0.2, 0) is 0 Å². The van der Waals surface area contributed by atoms with Crippen LogP contribution in [0.4, 0.5) is 30.2 Å². The molecule has 0 aliphatic rings. The van der Waals surface area contributed by atoms with Gasteiger partial charge >= 0.3 is 5.97 Å². The monoisotopic (exact) mass is 282 g/mol. The Morgan fingerprint density at radius 1 is 1.15 bits per heavy atom. The lowest BCUT2D eigenvalue weighted by molar-refractivity contribution is 0.0698. The second-order valence-electron chi connectivity index (χ2n) is 3.98. The van der Waals surface area contributed by atoms with Crippen LogP contribution in [0.3, 0.4) is 0 Å². The Hall–Kier alpha value is -2.70. The molecule has 0 aromatic heterocycles. The van der Waals surface area contributed by atoms with Crippen molar-refractivity contribution < 1.29 is 23.1 Å². The fraction of sp³-hybridized carbons (Fsp3) is 0. The van der Waals surface area contributed by atoms with Crippen LogP contribution in [0, 0.1) is 17.5 Å². The van der Waals surface area contributed by atoms with Gasteiger partial charge in [-0.2, -0.15) is 0 Å². The summed E-state index contributed by atoms with van der Waals surface area (Å²) in [4.78, 5) is 10.8. The van der Waals surface area contributed by atoms with Gasteiger partial charge in [-0.15, -0.1) is 0 Å². The number of halogens is 3. The molecule has 4 N–H and O–H groups in total. The molecule has 2 aromatic carbocycles. The number of carbonyl (C=O) groups is 1. The maximum absolute atomic E-state index is 13.4. The van der Waals surface area contributed by atoms with E-state index in [0.717, 1.165) is 6.07 Å². The number of nitrogen functional groups attached to an aromatic ring is 1. The van der Waals surface area contributed by atoms with Gasteiger partial charge in [0.1, 0.15) is 5.82 Å². The Balaban J connectivity index is 2.36. The highest BCUT2D eigenvalue weighted by Crippen LogP contribution is 2.25. The molecule has 0 amide bonds. The van der Waals surface area contributed by atoms with Crippen molar-refractivity contribution in [1.82, 2.24) is 0 Å². The highest BCUT2D eigenvalue weighted by Gasteiger charge is 2.13. The summed E-state index contributed by atoms with van der Waals surface area (Å²) in [6.07, 6.45) is 0. The summed E-state index contributed by atoms with van der Waals surface area (Å²) in [7, 11) is 0. The minimum atomic E-state index is -1.33. The van der Waals surface area contributed by atoms with Crippen molar-refractivity contribution in [2.75, 3.05) is 11.1 Å². The van der Waals surface area contributed by atoms with E-state index >= 15 is 0 Å². The van der Waals surface area contributed by atoms with Gasteiger partial charge in [0, 0.05) is 23.5 Å². The molecular formula is C13H9F3N2O2. The van der Waals surface area contributed by atoms with Gasteiger partial charge in [-0.25, -0.2) is 18.0 Å². The van der Waals surface area contributed by atoms with Crippen LogP contribution in [0.25, 0.3) is 0 Å². The second-order valence-corrected chi connectivity index (χ2v) is 3.98. The zero-order valence-corrected chi connectivity index (χ0v) is 9.95. The van der Waals surface area contributed by atoms with Crippen LogP contribution in [0.1, 0.15) is 10.4 Å². The molecule has 0 aliphatic heterocycles. The van der Waals surface area contributed by atoms with E-state index < -0.39 is 29.1 Å². The first kappa shape index (κ1) is 13.7. The maximum atomic E-state index is 13.4. The lowest BCUT2D eigenvalue weighted by atomic mass is 10.1. The number of hydrogen-bond acceptors (Lipinski definition) is 3. The molecule has 0 radical (unpaired) electrons. The quantitative estimate of drug-likeness (QED) is 0.597. The minimum absolute atomic E-state index is 0.0558. The van der Waals surface area contributed by atoms with Crippen molar-refractivity contribution in [3.8, 4) is 0 Å². The van der Waals surface area contributed by atoms with Gasteiger partial charge in [-0.3, -0.25) is 0 Å². The van der Waals surface area contributed by atoms with Crippen molar-refractivity contribution in [2.45, 2.75) is 0 Å². The molecule has 0 aliphatic carbocycles. The van der Waals surface area contributed by atoms with Crippen LogP contribution in [0.15, 0.2) is 30.3 Å². The molecule has 2 rings (SSSR count). The summed E-state index contributed by atoms with van der Waals surface area (Å²) >= 11 is 0. The highest BCUT2D eigenvalue weighted by atomic mass is 19.2. The molecule has 0 unspecified atom stereocenters. The zero-order valence-electron chi connectivity index (χ0n) is 9.95. The second kappa shape index (κ2) is 5.12. The van der Waals surface area contributed by atoms with Crippen molar-refractivity contribution in [3.05, 3.63) is 53.3 Å². The Kier molecular flexibility index (Phi) is 3.51. The molecule has 0 fully saturated rings. The summed E-state index contributed by atoms with van der Waals surface area (Å²) in [5.74, 6) is -4.73. The predicted molar refractivity (Wildman–Crippen MR) is 67.4 cm³/mol. The molecule has 7 heteroatoms. The van der Waals surface area contributed by atoms with Gasteiger partial charge < -0.3 is 16.2 Å². The first-order valence-electron chi connectivity index (χ1n) is 5.43. The predicted octanol–water partition coefficient (Wildman–Crippen LogP) is 3.13. The highest BCUT2D eigenvalue weighted by molar-refractivity contribution is 5.94. The third kappa shape index (κ3) is 2.66. The normalized spacial score (nSPS) is 10.3. The SMILES string of the molecule is Nc1cc(Nc2cc(F)cc(F)c2F)ccc1C(=O)O. The minimum Gasteiger partial charge on any atom is -0.478 e. The molecule has 0 heterocycles. The van der Waals surface area contributed by atoms with Crippen molar-refractivity contribution in [3.63, 3.8) is 0 Å². The third-order valence-corrected chi connectivity index (χ3v) is 2.55. The molecule has 4 nitrogen and oxygen atoms in total. The lowest BCUT2D eigenvalue weighted by Gasteiger charge is -2.10. The Bertz CT molecular complexity index is 690. The Morgan fingerprint density at radius 2 is 1.85 bits per heavy atom. The number of nitrogens with two attached hydrogens (primary N) is 1. The van der Waals surface area contributed by atoms with Gasteiger partial charge in [-0.05, 0) is 18.2 Å². The molecular weight excluding hydrogens is 273 g/mol. The van der Waals surface area contributed by atoms with Gasteiger partial charge in [0.25, 0.3) is 0 Å². The summed E-state index contributed by atoms with van der Waals surface area (Å²) in [6, 6.07) is 4.93. The average Bonchev–Trinajstić information content (AvgIpc) is 2.35. The number of nitrogens with one attached hydrogen (secondary N) is 1. The van der Waals surface area contributed by atoms with E-state index in [-0.39, 0.29) is 16.9 Å². The summed E-state index contributed by atoms with van der Waals surface area (Å²) in [5, 5.41) is 11.2. The number of rotatable bonds is 3. The molecule has 0 saturated heterocycles. The summed E-state index contributed by atoms with van der Waals surface area (Å²) in [5.41, 5.74) is 5.12. The molecule has 0 atom stereocenters. The van der Waals surface area contributed by atoms with Crippen LogP contribution < -0.4 is 11.1 Å². The largest absolute Gasteiger partial charge is 0.478 e. The van der Waals surface area contributed by atoms with Gasteiger partial charge in [0.15, 0.2) is 11.6 Å². The molecule has 20 heavy (non-hydrogen) atoms. The summed E-state index contributed by atoms with van der Waals surface area (Å²) < 4.78 is 39.5. The molecule has 2 aromatic rings. The first-order valence-corrected chi connectivity index (χ1v) is 5.43. The smallest absolute Gasteiger partial charge is 0.337 e. The number of carboxylic acids is 1. The number of hydrogen-bond donors (Lipinski definition) is 3. The summed E-state index contributed by atoms with van der Waals surface area (Å²) in [6.45, 7) is 0. The van der Waals surface area contributed by atoms with E-state index in [9.17, 15) is 18.0 Å². The van der Waals surface area contributed by atoms with Crippen molar-refractivity contribution in [2.24, 2.45) is 0 Å². The number of carboxylic acid groups (broad SMARTS) is 1. The van der Waals surface area contributed by atoms with Crippen molar-refractivity contribution in [1.29, 1.82) is 0 Å². The van der Waals surface area contributed by atoms with E-state index in [2.05, 4.69) is 5.32 Å². The number of benzene rings is 2. The topological polar surface area (TPSA) is 75.3 Å². The fourth-order valence-electron chi connectivity index (χ4n) is 1.64. The van der Waals surface area contributed by atoms with E-state index in [1.54, 1.807) is 0 Å². The number of aromatic carboxylic acids is 1. The van der Waals surface area contributed by atoms with E-state index in [4.69, 9.17) is 10.8 Å². The third-order valence-electron chi connectivity index (χ3n) is 2.55. The van der Waals surface area contributed by atoms with Crippen LogP contribution in [0.2, 0.25) is 0 Å². The average molecular weight is 282 g/mol. The van der Waals surface area contributed by atoms with Gasteiger partial charge in [-0.1, -0.05) is 0 Å². The van der Waals surface area contributed by atoms with E-state index in [0.29, 0.717) is 6.07 Å². The molecule has 104 valence electrons. The van der Waals surface area contributed by atoms with Gasteiger partial charge in [0.2, 0.25) is 0 Å². The lowest BCUT2D eigenvalue weighted by Crippen LogP contribution is -2.04. The van der Waals surface area contributed by atoms with E-state index in [1.165, 1.54) is 18.2 Å². The Labute approximate surface area is 111 Å². The standard InChI is InChI=1S/C13H9F3N2O2/c14-6-3-9(15)12(16)11(4-6)18-7-1-2-8(13(19)20)10(17)5-7/h1-5,18H,17H2,(H,19,20). The van der Waals surface area contributed by atoms with E-state index in [1.807, 2.05) is 0 Å². The zero-order chi connectivity index (χ0) is 14.9. The molecule has 0 bridgehead atoms. The van der Waals surface area contributed by atoms with Crippen molar-refractivity contribution >= 4 is 23.0 Å². The van der Waals surface area contributed by atoms with Crippen LogP contribution >= 0.6 is 0 Å². The fourth-order valence-corrected chi connectivity index (χ4v) is 1.64. The number of anilines is 3. The molecule has 0 spiro atoms. The van der Waals surface area contributed by atoms with Crippen LogP contribution in [-0.4, -0.2) is 11.1 Å². The van der Waals surface area contributed by atoms with Crippen LogP contribution in [0.5, 0.6) is 0 Å². The molecule has 0 saturated carbocycles. The maximum Gasteiger partial charge on any atom is 0.337 e. The Morgan fingerprint density at radius 3 is 2.45 bits per heavy atom.